The van der Waals surface area contributed by atoms with Crippen LogP contribution >= 0.6 is 0 Å². The van der Waals surface area contributed by atoms with E-state index in [1.54, 1.807) is 7.11 Å². The van der Waals surface area contributed by atoms with Gasteiger partial charge in [-0.05, 0) is 18.2 Å². The number of hydrogen-bond acceptors (Lipinski definition) is 6. The van der Waals surface area contributed by atoms with E-state index in [4.69, 9.17) is 19.9 Å². The molecule has 0 radical (unpaired) electrons. The minimum Gasteiger partial charge on any atom is -0.399 e. The summed E-state index contributed by atoms with van der Waals surface area (Å²) in [5.74, 6) is -1.15. The number of hydrogen-bond donors (Lipinski definition) is 1. The smallest absolute Gasteiger partial charge is 0.183 e. The molecule has 0 unspecified atom stereocenters. The summed E-state index contributed by atoms with van der Waals surface area (Å²) in [6, 6.07) is 3.49. The second-order valence-corrected chi connectivity index (χ2v) is 6.30. The summed E-state index contributed by atoms with van der Waals surface area (Å²) in [6.07, 6.45) is 0. The molecule has 1 rings (SSSR count). The van der Waals surface area contributed by atoms with Gasteiger partial charge < -0.3 is 19.9 Å². The average molecular weight is 321 g/mol. The van der Waals surface area contributed by atoms with E-state index in [1.807, 2.05) is 0 Å². The molecule has 2 N–H and O–H groups in total. The Morgan fingerprint density at radius 3 is 2.33 bits per heavy atom. The van der Waals surface area contributed by atoms with E-state index in [1.165, 1.54) is 6.07 Å². The van der Waals surface area contributed by atoms with Gasteiger partial charge in [0.1, 0.15) is 10.7 Å². The molecule has 0 amide bonds. The zero-order valence-electron chi connectivity index (χ0n) is 11.9. The molecule has 0 fully saturated rings. The number of benzene rings is 1. The number of halogens is 1. The molecular formula is C13H20FNO5S. The zero-order chi connectivity index (χ0) is 15.7. The standard InChI is InChI=1S/C13H20FNO5S/c1-18-4-5-19-6-7-20-8-9-21(16,17)13-3-2-11(15)10-12(13)14/h2-3,10H,4-9,15H2,1H3. The van der Waals surface area contributed by atoms with Crippen molar-refractivity contribution in [3.05, 3.63) is 24.0 Å². The van der Waals surface area contributed by atoms with Crippen molar-refractivity contribution in [2.45, 2.75) is 4.90 Å². The van der Waals surface area contributed by atoms with Gasteiger partial charge in [-0.15, -0.1) is 0 Å². The first-order valence-electron chi connectivity index (χ1n) is 6.39. The Morgan fingerprint density at radius 1 is 1.10 bits per heavy atom. The highest BCUT2D eigenvalue weighted by Gasteiger charge is 2.19. The fraction of sp³-hybridized carbons (Fsp3) is 0.538. The van der Waals surface area contributed by atoms with Gasteiger partial charge in [-0.3, -0.25) is 0 Å². The lowest BCUT2D eigenvalue weighted by Crippen LogP contribution is -2.16. The zero-order valence-corrected chi connectivity index (χ0v) is 12.7. The molecular weight excluding hydrogens is 301 g/mol. The fourth-order valence-corrected chi connectivity index (χ4v) is 2.70. The molecule has 0 aromatic heterocycles. The Balaban J connectivity index is 2.33. The van der Waals surface area contributed by atoms with E-state index in [9.17, 15) is 12.8 Å². The highest BCUT2D eigenvalue weighted by Crippen LogP contribution is 2.18. The molecule has 0 spiro atoms. The molecule has 1 aromatic carbocycles. The molecule has 0 saturated heterocycles. The van der Waals surface area contributed by atoms with Gasteiger partial charge in [0.15, 0.2) is 9.84 Å². The van der Waals surface area contributed by atoms with E-state index < -0.39 is 15.7 Å². The van der Waals surface area contributed by atoms with Gasteiger partial charge in [0.2, 0.25) is 0 Å². The maximum absolute atomic E-state index is 13.6. The summed E-state index contributed by atoms with van der Waals surface area (Å²) in [4.78, 5) is -0.364. The van der Waals surface area contributed by atoms with Crippen LogP contribution in [-0.4, -0.2) is 54.3 Å². The van der Waals surface area contributed by atoms with Crippen LogP contribution in [-0.2, 0) is 24.0 Å². The molecule has 1 aromatic rings. The lowest BCUT2D eigenvalue weighted by atomic mass is 10.3. The number of nitrogen functional groups attached to an aromatic ring is 1. The van der Waals surface area contributed by atoms with Crippen LogP contribution in [0.3, 0.4) is 0 Å². The highest BCUT2D eigenvalue weighted by molar-refractivity contribution is 7.91. The van der Waals surface area contributed by atoms with Crippen molar-refractivity contribution in [2.75, 3.05) is 51.6 Å². The molecule has 0 aliphatic heterocycles. The van der Waals surface area contributed by atoms with Crippen molar-refractivity contribution in [1.82, 2.24) is 0 Å². The Bertz CT molecular complexity index is 535. The summed E-state index contributed by atoms with van der Waals surface area (Å²) in [5.41, 5.74) is 5.55. The third-order valence-corrected chi connectivity index (χ3v) is 4.30. The first-order chi connectivity index (χ1) is 9.97. The fourth-order valence-electron chi connectivity index (χ4n) is 1.51. The quantitative estimate of drug-likeness (QED) is 0.508. The van der Waals surface area contributed by atoms with Crippen LogP contribution in [0.2, 0.25) is 0 Å². The van der Waals surface area contributed by atoms with Crippen LogP contribution in [0.4, 0.5) is 10.1 Å². The van der Waals surface area contributed by atoms with Gasteiger partial charge in [-0.2, -0.15) is 0 Å². The van der Waals surface area contributed by atoms with Crippen molar-refractivity contribution in [2.24, 2.45) is 0 Å². The minimum absolute atomic E-state index is 0.0280. The van der Waals surface area contributed by atoms with E-state index in [0.29, 0.717) is 19.8 Å². The second kappa shape index (κ2) is 8.93. The molecule has 0 aliphatic carbocycles. The van der Waals surface area contributed by atoms with Crippen molar-refractivity contribution < 1.29 is 27.0 Å². The maximum atomic E-state index is 13.6. The number of sulfone groups is 1. The third kappa shape index (κ3) is 6.38. The monoisotopic (exact) mass is 321 g/mol. The molecule has 0 atom stereocenters. The molecule has 21 heavy (non-hydrogen) atoms. The predicted octanol–water partition coefficient (Wildman–Crippen LogP) is 0.861. The van der Waals surface area contributed by atoms with E-state index in [2.05, 4.69) is 0 Å². The van der Waals surface area contributed by atoms with Gasteiger partial charge in [0, 0.05) is 12.8 Å². The molecule has 0 heterocycles. The minimum atomic E-state index is -3.73. The van der Waals surface area contributed by atoms with Crippen molar-refractivity contribution in [1.29, 1.82) is 0 Å². The average Bonchev–Trinajstić information content (AvgIpc) is 2.41. The Kier molecular flexibility index (Phi) is 7.58. The normalized spacial score (nSPS) is 11.7. The van der Waals surface area contributed by atoms with Crippen LogP contribution in [0, 0.1) is 5.82 Å². The lowest BCUT2D eigenvalue weighted by Gasteiger charge is -2.08. The lowest BCUT2D eigenvalue weighted by molar-refractivity contribution is 0.0284. The number of nitrogens with two attached hydrogens (primary N) is 1. The van der Waals surface area contributed by atoms with Gasteiger partial charge in [-0.25, -0.2) is 12.8 Å². The van der Waals surface area contributed by atoms with Crippen LogP contribution < -0.4 is 5.73 Å². The summed E-state index contributed by atoms with van der Waals surface area (Å²) >= 11 is 0. The Morgan fingerprint density at radius 2 is 1.71 bits per heavy atom. The molecule has 120 valence electrons. The van der Waals surface area contributed by atoms with Crippen LogP contribution in [0.25, 0.3) is 0 Å². The SMILES string of the molecule is COCCOCCOCCS(=O)(=O)c1ccc(N)cc1F. The topological polar surface area (TPSA) is 87.9 Å². The third-order valence-electron chi connectivity index (χ3n) is 2.59. The van der Waals surface area contributed by atoms with Crippen LogP contribution in [0.15, 0.2) is 23.1 Å². The first kappa shape index (κ1) is 17.8. The van der Waals surface area contributed by atoms with Crippen molar-refractivity contribution >= 4 is 15.5 Å². The predicted molar refractivity (Wildman–Crippen MR) is 76.4 cm³/mol. The second-order valence-electron chi connectivity index (χ2n) is 4.23. The van der Waals surface area contributed by atoms with Gasteiger partial charge >= 0.3 is 0 Å². The van der Waals surface area contributed by atoms with Crippen molar-refractivity contribution in [3.63, 3.8) is 0 Å². The molecule has 8 heteroatoms. The molecule has 0 bridgehead atoms. The van der Waals surface area contributed by atoms with Crippen LogP contribution in [0.1, 0.15) is 0 Å². The largest absolute Gasteiger partial charge is 0.399 e. The number of ether oxygens (including phenoxy) is 3. The van der Waals surface area contributed by atoms with E-state index in [0.717, 1.165) is 12.1 Å². The van der Waals surface area contributed by atoms with Crippen molar-refractivity contribution in [3.8, 4) is 0 Å². The number of anilines is 1. The van der Waals surface area contributed by atoms with Crippen LogP contribution in [0.5, 0.6) is 0 Å². The molecule has 6 nitrogen and oxygen atoms in total. The Labute approximate surface area is 123 Å². The van der Waals surface area contributed by atoms with E-state index in [-0.39, 0.29) is 29.5 Å². The number of rotatable bonds is 10. The van der Waals surface area contributed by atoms with Gasteiger partial charge in [0.05, 0.1) is 38.8 Å². The van der Waals surface area contributed by atoms with Gasteiger partial charge in [-0.1, -0.05) is 0 Å². The maximum Gasteiger partial charge on any atom is 0.183 e. The summed E-state index contributed by atoms with van der Waals surface area (Å²) in [6.45, 7) is 1.53. The number of methoxy groups -OCH3 is 1. The van der Waals surface area contributed by atoms with Gasteiger partial charge in [0.25, 0.3) is 0 Å². The Hall–Kier alpha value is -1.22. The summed E-state index contributed by atoms with van der Waals surface area (Å²) in [7, 11) is -2.15. The first-order valence-corrected chi connectivity index (χ1v) is 8.05. The molecule has 0 saturated carbocycles. The summed E-state index contributed by atoms with van der Waals surface area (Å²) < 4.78 is 52.5. The van der Waals surface area contributed by atoms with E-state index >= 15 is 0 Å². The molecule has 0 aliphatic rings. The highest BCUT2D eigenvalue weighted by atomic mass is 32.2. The summed E-state index contributed by atoms with van der Waals surface area (Å²) in [5, 5.41) is 0.